The lowest BCUT2D eigenvalue weighted by Gasteiger charge is -1.95. The molecule has 2 rings (SSSR count). The molecule has 0 atom stereocenters. The maximum Gasteiger partial charge on any atom is 0.0710 e. The molecule has 1 heterocycles. The van der Waals surface area contributed by atoms with Crippen LogP contribution in [0.1, 0.15) is 0 Å². The van der Waals surface area contributed by atoms with Gasteiger partial charge in [0.1, 0.15) is 0 Å². The van der Waals surface area contributed by atoms with Crippen LogP contribution in [0.5, 0.6) is 0 Å². The molecule has 66 valence electrons. The minimum Gasteiger partial charge on any atom is -0.121 e. The van der Waals surface area contributed by atoms with Crippen molar-refractivity contribution in [3.63, 3.8) is 0 Å². The predicted octanol–water partition coefficient (Wildman–Crippen LogP) is 4.66. The third-order valence-corrected chi connectivity index (χ3v) is 4.27. The first-order valence-corrected chi connectivity index (χ1v) is 6.25. The summed E-state index contributed by atoms with van der Waals surface area (Å²) in [5.41, 5.74) is 0. The minimum absolute atomic E-state index is 1.19. The quantitative estimate of drug-likeness (QED) is 0.765. The maximum atomic E-state index is 3.45. The van der Waals surface area contributed by atoms with Gasteiger partial charge in [0, 0.05) is 4.90 Å². The molecule has 0 aliphatic heterocycles. The van der Waals surface area contributed by atoms with Crippen molar-refractivity contribution < 1.29 is 0 Å². The minimum atomic E-state index is 1.19. The van der Waals surface area contributed by atoms with Crippen LogP contribution < -0.4 is 0 Å². The van der Waals surface area contributed by atoms with Gasteiger partial charge in [0.2, 0.25) is 0 Å². The smallest absolute Gasteiger partial charge is 0.0710 e. The number of hydrogen-bond acceptors (Lipinski definition) is 2. The fraction of sp³-hybridized carbons (Fsp3) is 0. The van der Waals surface area contributed by atoms with Crippen LogP contribution >= 0.6 is 39.0 Å². The van der Waals surface area contributed by atoms with Gasteiger partial charge >= 0.3 is 0 Å². The van der Waals surface area contributed by atoms with Crippen molar-refractivity contribution in [1.29, 1.82) is 0 Å². The summed E-state index contributed by atoms with van der Waals surface area (Å²) >= 11 is 7.01. The fourth-order valence-corrected chi connectivity index (χ4v) is 3.78. The van der Waals surface area contributed by atoms with Gasteiger partial charge in [-0.2, -0.15) is 0 Å². The first-order chi connectivity index (χ1) is 6.34. The molecule has 0 aliphatic rings. The van der Waals surface area contributed by atoms with E-state index in [4.69, 9.17) is 0 Å². The summed E-state index contributed by atoms with van der Waals surface area (Å²) in [7, 11) is 0. The van der Waals surface area contributed by atoms with Crippen LogP contribution in [0.4, 0.5) is 0 Å². The number of hydrogen-bond donors (Lipinski definition) is 0. The number of halogens is 1. The highest BCUT2D eigenvalue weighted by Gasteiger charge is 1.99. The molecule has 0 saturated heterocycles. The molecule has 13 heavy (non-hydrogen) atoms. The SMILES string of the molecule is Brc1ccc(Sc2ccccc2)s1. The van der Waals surface area contributed by atoms with E-state index in [2.05, 4.69) is 52.3 Å². The zero-order valence-corrected chi connectivity index (χ0v) is 9.95. The zero-order valence-electron chi connectivity index (χ0n) is 6.74. The molecular formula is C10H7BrS2. The second kappa shape index (κ2) is 4.31. The summed E-state index contributed by atoms with van der Waals surface area (Å²) in [5.74, 6) is 0. The van der Waals surface area contributed by atoms with Crippen LogP contribution in [0, 0.1) is 0 Å². The van der Waals surface area contributed by atoms with Gasteiger partial charge < -0.3 is 0 Å². The average molecular weight is 271 g/mol. The first kappa shape index (κ1) is 9.31. The molecule has 3 heteroatoms. The standard InChI is InChI=1S/C10H7BrS2/c11-9-6-7-10(13-9)12-8-4-2-1-3-5-8/h1-7H. The van der Waals surface area contributed by atoms with Crippen molar-refractivity contribution in [3.05, 3.63) is 46.3 Å². The summed E-state index contributed by atoms with van der Waals surface area (Å²) in [4.78, 5) is 1.29. The Morgan fingerprint density at radius 2 is 1.77 bits per heavy atom. The summed E-state index contributed by atoms with van der Waals surface area (Å²) in [6.45, 7) is 0. The molecule has 0 radical (unpaired) electrons. The van der Waals surface area contributed by atoms with Crippen LogP contribution in [0.15, 0.2) is 55.4 Å². The molecule has 1 aromatic carbocycles. The van der Waals surface area contributed by atoms with Gasteiger partial charge in [-0.3, -0.25) is 0 Å². The van der Waals surface area contributed by atoms with E-state index < -0.39 is 0 Å². The Kier molecular flexibility index (Phi) is 3.09. The summed E-state index contributed by atoms with van der Waals surface area (Å²) in [5, 5.41) is 0. The second-order valence-electron chi connectivity index (χ2n) is 2.47. The molecule has 0 aliphatic carbocycles. The molecule has 0 spiro atoms. The summed E-state index contributed by atoms with van der Waals surface area (Å²) in [6, 6.07) is 14.6. The summed E-state index contributed by atoms with van der Waals surface area (Å²) in [6.07, 6.45) is 0. The third-order valence-electron chi connectivity index (χ3n) is 1.51. The highest BCUT2D eigenvalue weighted by Crippen LogP contribution is 2.35. The van der Waals surface area contributed by atoms with E-state index in [1.807, 2.05) is 6.07 Å². The van der Waals surface area contributed by atoms with Gasteiger partial charge in [0.05, 0.1) is 8.00 Å². The van der Waals surface area contributed by atoms with E-state index in [1.165, 1.54) is 12.9 Å². The van der Waals surface area contributed by atoms with Gasteiger partial charge in [-0.25, -0.2) is 0 Å². The topological polar surface area (TPSA) is 0 Å². The largest absolute Gasteiger partial charge is 0.121 e. The molecule has 0 fully saturated rings. The molecule has 0 nitrogen and oxygen atoms in total. The van der Waals surface area contributed by atoms with E-state index in [9.17, 15) is 0 Å². The average Bonchev–Trinajstić information content (AvgIpc) is 2.53. The van der Waals surface area contributed by atoms with E-state index >= 15 is 0 Å². The monoisotopic (exact) mass is 270 g/mol. The van der Waals surface area contributed by atoms with Crippen LogP contribution in [-0.4, -0.2) is 0 Å². The Morgan fingerprint density at radius 1 is 1.00 bits per heavy atom. The van der Waals surface area contributed by atoms with Crippen LogP contribution in [0.2, 0.25) is 0 Å². The zero-order chi connectivity index (χ0) is 9.10. The summed E-state index contributed by atoms with van der Waals surface area (Å²) < 4.78 is 2.50. The highest BCUT2D eigenvalue weighted by atomic mass is 79.9. The fourth-order valence-electron chi connectivity index (χ4n) is 0.957. The molecule has 2 aromatic rings. The normalized spacial score (nSPS) is 10.2. The van der Waals surface area contributed by atoms with Crippen LogP contribution in [0.25, 0.3) is 0 Å². The van der Waals surface area contributed by atoms with Gasteiger partial charge in [0.25, 0.3) is 0 Å². The Morgan fingerprint density at radius 3 is 2.38 bits per heavy atom. The van der Waals surface area contributed by atoms with E-state index in [0.29, 0.717) is 0 Å². The van der Waals surface area contributed by atoms with Crippen molar-refractivity contribution in [2.75, 3.05) is 0 Å². The lowest BCUT2D eigenvalue weighted by Crippen LogP contribution is -1.65. The van der Waals surface area contributed by atoms with Crippen molar-refractivity contribution in [2.24, 2.45) is 0 Å². The van der Waals surface area contributed by atoms with Crippen molar-refractivity contribution >= 4 is 39.0 Å². The van der Waals surface area contributed by atoms with E-state index in [-0.39, 0.29) is 0 Å². The maximum absolute atomic E-state index is 3.45. The molecular weight excluding hydrogens is 264 g/mol. The van der Waals surface area contributed by atoms with E-state index in [0.717, 1.165) is 0 Å². The first-order valence-electron chi connectivity index (χ1n) is 3.83. The lowest BCUT2D eigenvalue weighted by molar-refractivity contribution is 1.46. The van der Waals surface area contributed by atoms with E-state index in [1.54, 1.807) is 23.1 Å². The highest BCUT2D eigenvalue weighted by molar-refractivity contribution is 9.11. The Bertz CT molecular complexity index is 381. The molecule has 0 unspecified atom stereocenters. The van der Waals surface area contributed by atoms with Crippen LogP contribution in [-0.2, 0) is 0 Å². The second-order valence-corrected chi connectivity index (χ2v) is 6.31. The molecule has 0 saturated carbocycles. The molecule has 0 N–H and O–H groups in total. The molecule has 0 amide bonds. The molecule has 0 bridgehead atoms. The third kappa shape index (κ3) is 2.59. The molecule has 1 aromatic heterocycles. The van der Waals surface area contributed by atoms with Gasteiger partial charge in [-0.05, 0) is 40.2 Å². The van der Waals surface area contributed by atoms with Crippen molar-refractivity contribution in [2.45, 2.75) is 9.10 Å². The lowest BCUT2D eigenvalue weighted by atomic mass is 10.4. The Balaban J connectivity index is 2.15. The number of benzene rings is 1. The predicted molar refractivity (Wildman–Crippen MR) is 62.6 cm³/mol. The number of thiophene rings is 1. The van der Waals surface area contributed by atoms with Gasteiger partial charge in [-0.15, -0.1) is 11.3 Å². The van der Waals surface area contributed by atoms with Gasteiger partial charge in [-0.1, -0.05) is 30.0 Å². The Labute approximate surface area is 94.1 Å². The van der Waals surface area contributed by atoms with Gasteiger partial charge in [0.15, 0.2) is 0 Å². The van der Waals surface area contributed by atoms with Crippen LogP contribution in [0.3, 0.4) is 0 Å². The number of rotatable bonds is 2. The Hall–Kier alpha value is -0.250. The van der Waals surface area contributed by atoms with Crippen molar-refractivity contribution in [1.82, 2.24) is 0 Å². The van der Waals surface area contributed by atoms with Crippen molar-refractivity contribution in [3.8, 4) is 0 Å².